The van der Waals surface area contributed by atoms with Gasteiger partial charge in [0.05, 0.1) is 7.11 Å². The highest BCUT2D eigenvalue weighted by molar-refractivity contribution is 5.55. The Morgan fingerprint density at radius 3 is 2.37 bits per heavy atom. The van der Waals surface area contributed by atoms with Crippen LogP contribution in [-0.4, -0.2) is 56.2 Å². The van der Waals surface area contributed by atoms with Crippen LogP contribution in [0.15, 0.2) is 54.6 Å². The molecular weight excluding hydrogens is 336 g/mol. The fourth-order valence-electron chi connectivity index (χ4n) is 3.40. The maximum absolute atomic E-state index is 5.98. The maximum Gasteiger partial charge on any atom is 0.161 e. The van der Waals surface area contributed by atoms with Crippen LogP contribution in [0, 0.1) is 0 Å². The Morgan fingerprint density at radius 1 is 0.926 bits per heavy atom. The molecular formula is C23H30N2O2. The smallest absolute Gasteiger partial charge is 0.161 e. The molecule has 4 nitrogen and oxygen atoms in total. The molecule has 0 bridgehead atoms. The zero-order valence-corrected chi connectivity index (χ0v) is 16.4. The summed E-state index contributed by atoms with van der Waals surface area (Å²) in [4.78, 5) is 5.00. The summed E-state index contributed by atoms with van der Waals surface area (Å²) in [5.74, 6) is 1.60. The van der Waals surface area contributed by atoms with Crippen LogP contribution >= 0.6 is 0 Å². The van der Waals surface area contributed by atoms with Crippen molar-refractivity contribution in [1.82, 2.24) is 9.80 Å². The topological polar surface area (TPSA) is 24.9 Å². The standard InChI is InChI=1S/C23H30N2O2/c1-3-7-20-10-11-22(23(18-20)26-2)27-17-16-24-12-14-25(15-13-24)19-21-8-5-4-6-9-21/h3-11,18H,12-17,19H2,1-2H3. The van der Waals surface area contributed by atoms with E-state index < -0.39 is 0 Å². The molecule has 1 aliphatic heterocycles. The van der Waals surface area contributed by atoms with Gasteiger partial charge in [-0.25, -0.2) is 0 Å². The summed E-state index contributed by atoms with van der Waals surface area (Å²) in [6, 6.07) is 16.8. The molecule has 0 aliphatic carbocycles. The van der Waals surface area contributed by atoms with Crippen LogP contribution in [0.25, 0.3) is 6.08 Å². The molecule has 27 heavy (non-hydrogen) atoms. The Labute approximate surface area is 163 Å². The lowest BCUT2D eigenvalue weighted by Gasteiger charge is -2.34. The molecule has 0 aromatic heterocycles. The Balaban J connectivity index is 1.41. The van der Waals surface area contributed by atoms with E-state index in [-0.39, 0.29) is 0 Å². The molecule has 1 saturated heterocycles. The highest BCUT2D eigenvalue weighted by Gasteiger charge is 2.17. The molecule has 0 N–H and O–H groups in total. The van der Waals surface area contributed by atoms with Crippen LogP contribution in [0.4, 0.5) is 0 Å². The molecule has 1 fully saturated rings. The average Bonchev–Trinajstić information content (AvgIpc) is 2.71. The van der Waals surface area contributed by atoms with Gasteiger partial charge in [-0.15, -0.1) is 0 Å². The van der Waals surface area contributed by atoms with Crippen molar-refractivity contribution in [3.63, 3.8) is 0 Å². The van der Waals surface area contributed by atoms with Crippen molar-refractivity contribution >= 4 is 6.08 Å². The second kappa shape index (κ2) is 10.1. The van der Waals surface area contributed by atoms with Gasteiger partial charge in [-0.05, 0) is 30.2 Å². The fourth-order valence-corrected chi connectivity index (χ4v) is 3.40. The van der Waals surface area contributed by atoms with E-state index in [0.29, 0.717) is 6.61 Å². The van der Waals surface area contributed by atoms with E-state index in [1.54, 1.807) is 7.11 Å². The van der Waals surface area contributed by atoms with Crippen LogP contribution < -0.4 is 9.47 Å². The molecule has 0 saturated carbocycles. The van der Waals surface area contributed by atoms with Gasteiger partial charge >= 0.3 is 0 Å². The third-order valence-electron chi connectivity index (χ3n) is 4.93. The summed E-state index contributed by atoms with van der Waals surface area (Å²) in [5.41, 5.74) is 2.51. The van der Waals surface area contributed by atoms with Crippen molar-refractivity contribution < 1.29 is 9.47 Å². The van der Waals surface area contributed by atoms with Crippen molar-refractivity contribution in [2.75, 3.05) is 46.4 Å². The highest BCUT2D eigenvalue weighted by atomic mass is 16.5. The maximum atomic E-state index is 5.98. The van der Waals surface area contributed by atoms with E-state index in [1.807, 2.05) is 25.1 Å². The summed E-state index contributed by atoms with van der Waals surface area (Å²) in [6.07, 6.45) is 4.08. The predicted octanol–water partition coefficient (Wildman–Crippen LogP) is 3.92. The molecule has 2 aromatic rings. The molecule has 0 atom stereocenters. The lowest BCUT2D eigenvalue weighted by atomic mass is 10.2. The second-order valence-corrected chi connectivity index (χ2v) is 6.86. The van der Waals surface area contributed by atoms with Gasteiger partial charge in [0.15, 0.2) is 11.5 Å². The summed E-state index contributed by atoms with van der Waals surface area (Å²) in [6.45, 7) is 9.07. The number of allylic oxidation sites excluding steroid dienone is 1. The summed E-state index contributed by atoms with van der Waals surface area (Å²) in [7, 11) is 1.69. The number of ether oxygens (including phenoxy) is 2. The second-order valence-electron chi connectivity index (χ2n) is 6.86. The van der Waals surface area contributed by atoms with Crippen LogP contribution in [0.3, 0.4) is 0 Å². The zero-order valence-electron chi connectivity index (χ0n) is 16.4. The lowest BCUT2D eigenvalue weighted by Crippen LogP contribution is -2.47. The Morgan fingerprint density at radius 2 is 1.67 bits per heavy atom. The van der Waals surface area contributed by atoms with E-state index in [9.17, 15) is 0 Å². The number of hydrogen-bond acceptors (Lipinski definition) is 4. The van der Waals surface area contributed by atoms with E-state index in [0.717, 1.165) is 56.3 Å². The Hall–Kier alpha value is -2.30. The first-order valence-corrected chi connectivity index (χ1v) is 9.70. The molecule has 144 valence electrons. The van der Waals surface area contributed by atoms with Crippen molar-refractivity contribution in [2.45, 2.75) is 13.5 Å². The van der Waals surface area contributed by atoms with Gasteiger partial charge in [-0.3, -0.25) is 9.80 Å². The molecule has 1 heterocycles. The van der Waals surface area contributed by atoms with Crippen LogP contribution in [0.2, 0.25) is 0 Å². The number of methoxy groups -OCH3 is 1. The van der Waals surface area contributed by atoms with Gasteiger partial charge in [-0.2, -0.15) is 0 Å². The minimum atomic E-state index is 0.679. The molecule has 4 heteroatoms. The van der Waals surface area contributed by atoms with Gasteiger partial charge in [-0.1, -0.05) is 48.6 Å². The normalized spacial score (nSPS) is 15.9. The third kappa shape index (κ3) is 5.84. The summed E-state index contributed by atoms with van der Waals surface area (Å²) < 4.78 is 11.4. The summed E-state index contributed by atoms with van der Waals surface area (Å²) in [5, 5.41) is 0. The molecule has 2 aromatic carbocycles. The number of piperazine rings is 1. The van der Waals surface area contributed by atoms with Crippen molar-refractivity contribution in [1.29, 1.82) is 0 Å². The Bertz CT molecular complexity index is 722. The SMILES string of the molecule is CC=Cc1ccc(OCCN2CCN(Cc3ccccc3)CC2)c(OC)c1. The summed E-state index contributed by atoms with van der Waals surface area (Å²) >= 11 is 0. The first-order chi connectivity index (χ1) is 13.3. The molecule has 0 spiro atoms. The number of hydrogen-bond donors (Lipinski definition) is 0. The molecule has 3 rings (SSSR count). The third-order valence-corrected chi connectivity index (χ3v) is 4.93. The molecule has 1 aliphatic rings. The van der Waals surface area contributed by atoms with E-state index in [4.69, 9.17) is 9.47 Å². The van der Waals surface area contributed by atoms with E-state index >= 15 is 0 Å². The predicted molar refractivity (Wildman–Crippen MR) is 111 cm³/mol. The first kappa shape index (κ1) is 19.5. The quantitative estimate of drug-likeness (QED) is 0.707. The van der Waals surface area contributed by atoms with Gasteiger partial charge in [0, 0.05) is 39.3 Å². The van der Waals surface area contributed by atoms with Crippen LogP contribution in [0.1, 0.15) is 18.1 Å². The van der Waals surface area contributed by atoms with Gasteiger partial charge < -0.3 is 9.47 Å². The largest absolute Gasteiger partial charge is 0.493 e. The van der Waals surface area contributed by atoms with Crippen molar-refractivity contribution in [2.24, 2.45) is 0 Å². The van der Waals surface area contributed by atoms with Crippen molar-refractivity contribution in [3.8, 4) is 11.5 Å². The number of rotatable bonds is 8. The van der Waals surface area contributed by atoms with Crippen LogP contribution in [-0.2, 0) is 6.54 Å². The van der Waals surface area contributed by atoms with Crippen LogP contribution in [0.5, 0.6) is 11.5 Å². The monoisotopic (exact) mass is 366 g/mol. The zero-order chi connectivity index (χ0) is 18.9. The van der Waals surface area contributed by atoms with Crippen molar-refractivity contribution in [3.05, 3.63) is 65.7 Å². The van der Waals surface area contributed by atoms with Gasteiger partial charge in [0.1, 0.15) is 6.61 Å². The minimum Gasteiger partial charge on any atom is -0.493 e. The van der Waals surface area contributed by atoms with E-state index in [1.165, 1.54) is 5.56 Å². The molecule has 0 unspecified atom stereocenters. The highest BCUT2D eigenvalue weighted by Crippen LogP contribution is 2.28. The van der Waals surface area contributed by atoms with E-state index in [2.05, 4.69) is 52.3 Å². The Kier molecular flexibility index (Phi) is 7.31. The fraction of sp³-hybridized carbons (Fsp3) is 0.391. The van der Waals surface area contributed by atoms with Gasteiger partial charge in [0.25, 0.3) is 0 Å². The molecule has 0 radical (unpaired) electrons. The number of benzene rings is 2. The van der Waals surface area contributed by atoms with Gasteiger partial charge in [0.2, 0.25) is 0 Å². The number of nitrogens with zero attached hydrogens (tertiary/aromatic N) is 2. The minimum absolute atomic E-state index is 0.679. The molecule has 0 amide bonds. The average molecular weight is 367 g/mol. The lowest BCUT2D eigenvalue weighted by molar-refractivity contribution is 0.112. The first-order valence-electron chi connectivity index (χ1n) is 9.70.